The first-order valence-electron chi connectivity index (χ1n) is 10.8. The Labute approximate surface area is 197 Å². The average molecular weight is 473 g/mol. The molecular formula is C23H28N4O3S2. The third kappa shape index (κ3) is 4.55. The molecule has 0 radical (unpaired) electrons. The van der Waals surface area contributed by atoms with Crippen LogP contribution in [0, 0.1) is 0 Å². The Morgan fingerprint density at radius 2 is 1.97 bits per heavy atom. The first kappa shape index (κ1) is 22.8. The van der Waals surface area contributed by atoms with E-state index >= 15 is 0 Å². The number of phenols is 1. The number of thiocarbonyl (C=S) groups is 1. The molecule has 7 nitrogen and oxygen atoms in total. The molecule has 0 spiro atoms. The summed E-state index contributed by atoms with van der Waals surface area (Å²) in [4.78, 5) is 12.5. The summed E-state index contributed by atoms with van der Waals surface area (Å²) >= 11 is 6.91. The predicted molar refractivity (Wildman–Crippen MR) is 133 cm³/mol. The van der Waals surface area contributed by atoms with Crippen LogP contribution in [0.2, 0.25) is 0 Å². The number of rotatable bonds is 5. The fraction of sp³-hybridized carbons (Fsp3) is 0.435. The van der Waals surface area contributed by atoms with Gasteiger partial charge in [-0.05, 0) is 38.1 Å². The van der Waals surface area contributed by atoms with E-state index in [0.717, 1.165) is 36.1 Å². The van der Waals surface area contributed by atoms with Gasteiger partial charge in [0.15, 0.2) is 10.5 Å². The lowest BCUT2D eigenvalue weighted by Gasteiger charge is -2.36. The van der Waals surface area contributed by atoms with Crippen molar-refractivity contribution in [3.63, 3.8) is 0 Å². The largest absolute Gasteiger partial charge is 0.506 e. The number of benzene rings is 2. The highest BCUT2D eigenvalue weighted by Gasteiger charge is 2.49. The van der Waals surface area contributed by atoms with E-state index in [4.69, 9.17) is 12.2 Å². The highest BCUT2D eigenvalue weighted by molar-refractivity contribution is 8.24. The van der Waals surface area contributed by atoms with Crippen LogP contribution in [-0.4, -0.2) is 48.7 Å². The summed E-state index contributed by atoms with van der Waals surface area (Å²) in [5, 5.41) is 33.4. The van der Waals surface area contributed by atoms with E-state index in [9.17, 15) is 15.1 Å². The predicted octanol–water partition coefficient (Wildman–Crippen LogP) is 4.61. The maximum atomic E-state index is 12.5. The SMILES string of the molecule is CC1(C)SC(=S)N(N=CC(=O)NC2CCCCC2)C1N(O)c1c(O)ccc2ccccc12. The lowest BCUT2D eigenvalue weighted by molar-refractivity contribution is -0.115. The van der Waals surface area contributed by atoms with Gasteiger partial charge in [-0.2, -0.15) is 5.10 Å². The lowest BCUT2D eigenvalue weighted by atomic mass is 9.95. The Morgan fingerprint density at radius 3 is 2.72 bits per heavy atom. The number of anilines is 1. The fourth-order valence-electron chi connectivity index (χ4n) is 4.43. The molecule has 1 unspecified atom stereocenters. The van der Waals surface area contributed by atoms with Crippen molar-refractivity contribution in [2.45, 2.75) is 62.9 Å². The van der Waals surface area contributed by atoms with Gasteiger partial charge in [-0.25, -0.2) is 10.1 Å². The number of fused-ring (bicyclic) bond motifs is 1. The second-order valence-electron chi connectivity index (χ2n) is 8.78. The number of amides is 1. The minimum Gasteiger partial charge on any atom is -0.506 e. The standard InChI is InChI=1S/C23H28N4O3S2/c1-23(2)21(27(30)20-17-11-7-6-8-15(17)12-13-18(20)28)26(22(31)32-23)24-14-19(29)25-16-9-4-3-5-10-16/h6-8,11-14,16,21,28,30H,3-5,9-10H2,1-2H3,(H,25,29). The molecule has 1 atom stereocenters. The minimum absolute atomic E-state index is 0.0520. The summed E-state index contributed by atoms with van der Waals surface area (Å²) in [5.41, 5.74) is 0.276. The summed E-state index contributed by atoms with van der Waals surface area (Å²) < 4.78 is -0.118. The molecule has 0 bridgehead atoms. The fourth-order valence-corrected chi connectivity index (χ4v) is 6.22. The normalized spacial score (nSPS) is 21.4. The molecule has 1 aliphatic heterocycles. The van der Waals surface area contributed by atoms with Gasteiger partial charge in [-0.15, -0.1) is 0 Å². The van der Waals surface area contributed by atoms with Gasteiger partial charge in [0.25, 0.3) is 5.91 Å². The van der Waals surface area contributed by atoms with Crippen molar-refractivity contribution in [2.75, 3.05) is 5.06 Å². The second kappa shape index (κ2) is 9.25. The van der Waals surface area contributed by atoms with Crippen molar-refractivity contribution >= 4 is 56.9 Å². The number of nitrogens with zero attached hydrogens (tertiary/aromatic N) is 3. The number of carbonyl (C=O) groups excluding carboxylic acids is 1. The summed E-state index contributed by atoms with van der Waals surface area (Å²) in [6, 6.07) is 11.0. The maximum absolute atomic E-state index is 12.5. The number of hydroxylamine groups is 1. The van der Waals surface area contributed by atoms with Crippen LogP contribution in [0.5, 0.6) is 5.75 Å². The quantitative estimate of drug-likeness (QED) is 0.333. The van der Waals surface area contributed by atoms with E-state index in [1.807, 2.05) is 38.1 Å². The van der Waals surface area contributed by atoms with Gasteiger partial charge in [-0.3, -0.25) is 10.0 Å². The molecule has 1 heterocycles. The van der Waals surface area contributed by atoms with Gasteiger partial charge < -0.3 is 10.4 Å². The molecule has 2 fully saturated rings. The van der Waals surface area contributed by atoms with Crippen LogP contribution in [0.1, 0.15) is 46.0 Å². The van der Waals surface area contributed by atoms with Gasteiger partial charge in [0.2, 0.25) is 0 Å². The van der Waals surface area contributed by atoms with E-state index in [1.54, 1.807) is 12.1 Å². The molecule has 0 aromatic heterocycles. The number of hydrogen-bond acceptors (Lipinski definition) is 7. The smallest absolute Gasteiger partial charge is 0.264 e. The zero-order valence-electron chi connectivity index (χ0n) is 18.2. The average Bonchev–Trinajstić information content (AvgIpc) is 3.00. The Bertz CT molecular complexity index is 1050. The summed E-state index contributed by atoms with van der Waals surface area (Å²) in [6.45, 7) is 3.88. The van der Waals surface area contributed by atoms with Crippen LogP contribution >= 0.6 is 24.0 Å². The first-order valence-corrected chi connectivity index (χ1v) is 12.1. The van der Waals surface area contributed by atoms with Crippen molar-refractivity contribution in [3.05, 3.63) is 36.4 Å². The van der Waals surface area contributed by atoms with E-state index in [1.165, 1.54) is 29.4 Å². The minimum atomic E-state index is -0.726. The first-order chi connectivity index (χ1) is 15.3. The Morgan fingerprint density at radius 1 is 1.25 bits per heavy atom. The third-order valence-corrected chi connectivity index (χ3v) is 7.52. The molecule has 32 heavy (non-hydrogen) atoms. The molecule has 2 aromatic rings. The van der Waals surface area contributed by atoms with Crippen LogP contribution in [-0.2, 0) is 4.79 Å². The second-order valence-corrected chi connectivity index (χ2v) is 11.1. The number of nitrogens with one attached hydrogen (secondary N) is 1. The number of phenolic OH excluding ortho intramolecular Hbond substituents is 1. The Hall–Kier alpha value is -2.36. The number of thioether (sulfide) groups is 1. The van der Waals surface area contributed by atoms with Crippen molar-refractivity contribution in [1.82, 2.24) is 10.3 Å². The van der Waals surface area contributed by atoms with Crippen LogP contribution in [0.3, 0.4) is 0 Å². The van der Waals surface area contributed by atoms with Gasteiger partial charge in [-0.1, -0.05) is 73.6 Å². The van der Waals surface area contributed by atoms with Crippen molar-refractivity contribution in [1.29, 1.82) is 0 Å². The van der Waals surface area contributed by atoms with Crippen LogP contribution in [0.4, 0.5) is 5.69 Å². The van der Waals surface area contributed by atoms with Gasteiger partial charge >= 0.3 is 0 Å². The van der Waals surface area contributed by atoms with E-state index < -0.39 is 10.9 Å². The van der Waals surface area contributed by atoms with Gasteiger partial charge in [0, 0.05) is 11.4 Å². The van der Waals surface area contributed by atoms with E-state index in [2.05, 4.69) is 10.4 Å². The van der Waals surface area contributed by atoms with Crippen molar-refractivity contribution in [3.8, 4) is 5.75 Å². The zero-order chi connectivity index (χ0) is 22.9. The summed E-state index contributed by atoms with van der Waals surface area (Å²) in [7, 11) is 0. The van der Waals surface area contributed by atoms with Crippen LogP contribution < -0.4 is 10.4 Å². The maximum Gasteiger partial charge on any atom is 0.264 e. The number of hydrazone groups is 1. The molecule has 1 aliphatic carbocycles. The highest BCUT2D eigenvalue weighted by atomic mass is 32.2. The van der Waals surface area contributed by atoms with Gasteiger partial charge in [0.05, 0.1) is 4.75 Å². The monoisotopic (exact) mass is 472 g/mol. The molecule has 1 amide bonds. The van der Waals surface area contributed by atoms with E-state index in [0.29, 0.717) is 9.71 Å². The molecule has 2 aromatic carbocycles. The molecular weight excluding hydrogens is 444 g/mol. The van der Waals surface area contributed by atoms with Crippen molar-refractivity contribution < 1.29 is 15.1 Å². The topological polar surface area (TPSA) is 88.4 Å². The highest BCUT2D eigenvalue weighted by Crippen LogP contribution is 2.46. The Balaban J connectivity index is 1.61. The Kier molecular flexibility index (Phi) is 6.60. The summed E-state index contributed by atoms with van der Waals surface area (Å²) in [6.07, 6.45) is 5.93. The lowest BCUT2D eigenvalue weighted by Crippen LogP contribution is -2.51. The number of aromatic hydroxyl groups is 1. The molecule has 2 aliphatic rings. The van der Waals surface area contributed by atoms with Crippen molar-refractivity contribution in [2.24, 2.45) is 5.10 Å². The molecule has 1 saturated carbocycles. The molecule has 4 rings (SSSR count). The molecule has 170 valence electrons. The van der Waals surface area contributed by atoms with Crippen LogP contribution in [0.15, 0.2) is 41.5 Å². The summed E-state index contributed by atoms with van der Waals surface area (Å²) in [5.74, 6) is -0.325. The number of hydrogen-bond donors (Lipinski definition) is 3. The zero-order valence-corrected chi connectivity index (χ0v) is 19.8. The molecule has 3 N–H and O–H groups in total. The van der Waals surface area contributed by atoms with E-state index in [-0.39, 0.29) is 23.4 Å². The van der Waals surface area contributed by atoms with Gasteiger partial charge in [0.1, 0.15) is 17.7 Å². The molecule has 1 saturated heterocycles. The third-order valence-electron chi connectivity index (χ3n) is 5.98. The van der Waals surface area contributed by atoms with Crippen LogP contribution in [0.25, 0.3) is 10.8 Å². The number of carbonyl (C=O) groups is 1. The molecule has 9 heteroatoms.